The highest BCUT2D eigenvalue weighted by molar-refractivity contribution is 7.92. The zero-order valence-corrected chi connectivity index (χ0v) is 18.6. The molecule has 9 nitrogen and oxygen atoms in total. The lowest BCUT2D eigenvalue weighted by atomic mass is 10.2. The second kappa shape index (κ2) is 9.34. The number of rotatable bonds is 8. The summed E-state index contributed by atoms with van der Waals surface area (Å²) in [5.74, 6) is 1.58. The Hall–Kier alpha value is -3.14. The quantitative estimate of drug-likeness (QED) is 0.654. The molecule has 1 N–H and O–H groups in total. The zero-order valence-electron chi connectivity index (χ0n) is 17.8. The first-order valence-corrected chi connectivity index (χ1v) is 11.5. The molecule has 0 saturated heterocycles. The van der Waals surface area contributed by atoms with Crippen LogP contribution in [0.2, 0.25) is 0 Å². The van der Waals surface area contributed by atoms with Crippen LogP contribution in [0.25, 0.3) is 0 Å². The van der Waals surface area contributed by atoms with E-state index in [9.17, 15) is 13.2 Å². The van der Waals surface area contributed by atoms with E-state index in [-0.39, 0.29) is 24.9 Å². The Morgan fingerprint density at radius 1 is 1.16 bits per heavy atom. The van der Waals surface area contributed by atoms with Crippen molar-refractivity contribution < 1.29 is 32.2 Å². The molecule has 0 aromatic heterocycles. The second-order valence-corrected chi connectivity index (χ2v) is 8.88. The minimum atomic E-state index is -3.77. The Balaban J connectivity index is 1.72. The smallest absolute Gasteiger partial charge is 0.243 e. The molecule has 3 rings (SSSR count). The van der Waals surface area contributed by atoms with Gasteiger partial charge in [-0.1, -0.05) is 12.1 Å². The first kappa shape index (κ1) is 22.5. The Morgan fingerprint density at radius 3 is 2.48 bits per heavy atom. The molecular formula is C21H26N2O7S. The van der Waals surface area contributed by atoms with Gasteiger partial charge in [0.15, 0.2) is 23.0 Å². The first-order valence-electron chi connectivity index (χ1n) is 9.62. The van der Waals surface area contributed by atoms with Crippen molar-refractivity contribution in [1.29, 1.82) is 0 Å². The molecule has 1 heterocycles. The maximum absolute atomic E-state index is 12.8. The number of carbonyl (C=O) groups excluding carboxylic acids is 1. The van der Waals surface area contributed by atoms with Crippen LogP contribution in [0.3, 0.4) is 0 Å². The maximum Gasteiger partial charge on any atom is 0.243 e. The summed E-state index contributed by atoms with van der Waals surface area (Å²) in [6.07, 6.45) is 0.654. The van der Waals surface area contributed by atoms with Crippen LogP contribution in [0.1, 0.15) is 6.92 Å². The van der Waals surface area contributed by atoms with E-state index in [1.165, 1.54) is 27.2 Å². The molecule has 0 fully saturated rings. The van der Waals surface area contributed by atoms with Crippen LogP contribution in [-0.2, 0) is 14.8 Å². The van der Waals surface area contributed by atoms with E-state index >= 15 is 0 Å². The summed E-state index contributed by atoms with van der Waals surface area (Å²) >= 11 is 0. The average Bonchev–Trinajstić information content (AvgIpc) is 2.76. The number of benzene rings is 2. The SMILES string of the molecule is COc1ccc(N(C(C)C(=O)NCC2COc3ccccc3O2)S(C)(=O)=O)cc1OC. The summed E-state index contributed by atoms with van der Waals surface area (Å²) in [6, 6.07) is 10.9. The number of nitrogens with zero attached hydrogens (tertiary/aromatic N) is 1. The summed E-state index contributed by atoms with van der Waals surface area (Å²) < 4.78 is 48.0. The molecule has 168 valence electrons. The lowest BCUT2D eigenvalue weighted by Crippen LogP contribution is -2.50. The highest BCUT2D eigenvalue weighted by Crippen LogP contribution is 2.33. The number of para-hydroxylation sites is 2. The third-order valence-corrected chi connectivity index (χ3v) is 6.02. The molecule has 2 atom stereocenters. The number of anilines is 1. The van der Waals surface area contributed by atoms with Crippen LogP contribution in [0.5, 0.6) is 23.0 Å². The van der Waals surface area contributed by atoms with Gasteiger partial charge in [0.1, 0.15) is 18.8 Å². The fraction of sp³-hybridized carbons (Fsp3) is 0.381. The summed E-state index contributed by atoms with van der Waals surface area (Å²) in [5, 5.41) is 2.75. The first-order chi connectivity index (χ1) is 14.7. The van der Waals surface area contributed by atoms with Crippen molar-refractivity contribution in [3.05, 3.63) is 42.5 Å². The Bertz CT molecular complexity index is 1040. The lowest BCUT2D eigenvalue weighted by molar-refractivity contribution is -0.122. The van der Waals surface area contributed by atoms with Gasteiger partial charge in [0.2, 0.25) is 15.9 Å². The maximum atomic E-state index is 12.8. The van der Waals surface area contributed by atoms with Crippen molar-refractivity contribution in [3.8, 4) is 23.0 Å². The van der Waals surface area contributed by atoms with Gasteiger partial charge in [0.05, 0.1) is 32.7 Å². The molecule has 0 saturated carbocycles. The molecule has 0 radical (unpaired) electrons. The van der Waals surface area contributed by atoms with Gasteiger partial charge >= 0.3 is 0 Å². The molecule has 1 aliphatic heterocycles. The van der Waals surface area contributed by atoms with Crippen LogP contribution >= 0.6 is 0 Å². The molecule has 0 spiro atoms. The van der Waals surface area contributed by atoms with Crippen LogP contribution in [0.4, 0.5) is 5.69 Å². The van der Waals surface area contributed by atoms with E-state index in [0.29, 0.717) is 23.0 Å². The van der Waals surface area contributed by atoms with Crippen LogP contribution < -0.4 is 28.6 Å². The number of nitrogens with one attached hydrogen (secondary N) is 1. The Kier molecular flexibility index (Phi) is 6.79. The molecule has 31 heavy (non-hydrogen) atoms. The number of methoxy groups -OCH3 is 2. The van der Waals surface area contributed by atoms with Crippen LogP contribution in [-0.4, -0.2) is 60.1 Å². The number of fused-ring (bicyclic) bond motifs is 1. The van der Waals surface area contributed by atoms with E-state index < -0.39 is 22.0 Å². The fourth-order valence-corrected chi connectivity index (χ4v) is 4.46. The Labute approximate surface area is 181 Å². The molecule has 0 bridgehead atoms. The zero-order chi connectivity index (χ0) is 22.6. The average molecular weight is 451 g/mol. The van der Waals surface area contributed by atoms with E-state index in [0.717, 1.165) is 10.6 Å². The van der Waals surface area contributed by atoms with Gasteiger partial charge in [0, 0.05) is 6.07 Å². The van der Waals surface area contributed by atoms with E-state index in [2.05, 4.69) is 5.32 Å². The van der Waals surface area contributed by atoms with Gasteiger partial charge < -0.3 is 24.3 Å². The Morgan fingerprint density at radius 2 is 1.84 bits per heavy atom. The van der Waals surface area contributed by atoms with Gasteiger partial charge in [-0.05, 0) is 31.2 Å². The van der Waals surface area contributed by atoms with E-state index in [4.69, 9.17) is 18.9 Å². The van der Waals surface area contributed by atoms with Gasteiger partial charge in [0.25, 0.3) is 0 Å². The van der Waals surface area contributed by atoms with Crippen molar-refractivity contribution in [2.24, 2.45) is 0 Å². The van der Waals surface area contributed by atoms with Crippen LogP contribution in [0.15, 0.2) is 42.5 Å². The van der Waals surface area contributed by atoms with Gasteiger partial charge in [-0.25, -0.2) is 8.42 Å². The number of ether oxygens (including phenoxy) is 4. The molecule has 2 aromatic carbocycles. The summed E-state index contributed by atoms with van der Waals surface area (Å²) in [4.78, 5) is 12.8. The van der Waals surface area contributed by atoms with Crippen molar-refractivity contribution in [3.63, 3.8) is 0 Å². The summed E-state index contributed by atoms with van der Waals surface area (Å²) in [6.45, 7) is 1.96. The second-order valence-electron chi connectivity index (χ2n) is 7.02. The predicted molar refractivity (Wildman–Crippen MR) is 116 cm³/mol. The topological polar surface area (TPSA) is 103 Å². The number of amides is 1. The number of sulfonamides is 1. The van der Waals surface area contributed by atoms with Gasteiger partial charge in [-0.2, -0.15) is 0 Å². The molecule has 2 unspecified atom stereocenters. The monoisotopic (exact) mass is 450 g/mol. The van der Waals surface area contributed by atoms with Crippen LogP contribution in [0, 0.1) is 0 Å². The lowest BCUT2D eigenvalue weighted by Gasteiger charge is -2.30. The molecule has 1 amide bonds. The van der Waals surface area contributed by atoms with Crippen molar-refractivity contribution in [1.82, 2.24) is 5.32 Å². The number of hydrogen-bond donors (Lipinski definition) is 1. The van der Waals surface area contributed by atoms with Gasteiger partial charge in [-0.3, -0.25) is 9.10 Å². The minimum Gasteiger partial charge on any atom is -0.493 e. The fourth-order valence-electron chi connectivity index (χ4n) is 3.30. The van der Waals surface area contributed by atoms with Crippen molar-refractivity contribution >= 4 is 21.6 Å². The number of carbonyl (C=O) groups is 1. The highest BCUT2D eigenvalue weighted by Gasteiger charge is 2.31. The normalized spacial score (nSPS) is 16.2. The number of hydrogen-bond acceptors (Lipinski definition) is 7. The minimum absolute atomic E-state index is 0.168. The largest absolute Gasteiger partial charge is 0.493 e. The standard InChI is InChI=1S/C21H26N2O7S/c1-14(21(24)22-12-16-13-29-18-7-5-6-8-19(18)30-16)23(31(4,25)26)15-9-10-17(27-2)20(11-15)28-3/h5-11,14,16H,12-13H2,1-4H3,(H,22,24). The molecule has 10 heteroatoms. The van der Waals surface area contributed by atoms with Crippen molar-refractivity contribution in [2.45, 2.75) is 19.1 Å². The van der Waals surface area contributed by atoms with E-state index in [1.54, 1.807) is 24.3 Å². The third kappa shape index (κ3) is 5.13. The highest BCUT2D eigenvalue weighted by atomic mass is 32.2. The molecule has 1 aliphatic rings. The molecule has 2 aromatic rings. The van der Waals surface area contributed by atoms with Crippen molar-refractivity contribution in [2.75, 3.05) is 37.9 Å². The predicted octanol–water partition coefficient (Wildman–Crippen LogP) is 1.81. The van der Waals surface area contributed by atoms with Gasteiger partial charge in [-0.15, -0.1) is 0 Å². The molecular weight excluding hydrogens is 424 g/mol. The molecule has 0 aliphatic carbocycles. The summed E-state index contributed by atoms with van der Waals surface area (Å²) in [7, 11) is -0.835. The summed E-state index contributed by atoms with van der Waals surface area (Å²) in [5.41, 5.74) is 0.286. The van der Waals surface area contributed by atoms with E-state index in [1.807, 2.05) is 12.1 Å². The third-order valence-electron chi connectivity index (χ3n) is 4.78.